The third kappa shape index (κ3) is 7.44. The van der Waals surface area contributed by atoms with Crippen LogP contribution in [0.2, 0.25) is 0 Å². The van der Waals surface area contributed by atoms with Crippen LogP contribution in [0, 0.1) is 29.6 Å². The Labute approximate surface area is 117 Å². The van der Waals surface area contributed by atoms with E-state index in [0.717, 1.165) is 29.6 Å². The molecule has 0 radical (unpaired) electrons. The van der Waals surface area contributed by atoms with Gasteiger partial charge in [-0.3, -0.25) is 0 Å². The van der Waals surface area contributed by atoms with Crippen LogP contribution in [0.1, 0.15) is 87.0 Å². The summed E-state index contributed by atoms with van der Waals surface area (Å²) in [6, 6.07) is 0. The molecule has 0 heterocycles. The first kappa shape index (κ1) is 18.0. The van der Waals surface area contributed by atoms with Crippen molar-refractivity contribution in [2.24, 2.45) is 29.6 Å². The van der Waals surface area contributed by atoms with Crippen LogP contribution in [0.25, 0.3) is 0 Å². The molecule has 0 aromatic rings. The SMILES string of the molecule is CCCCCCC(C)C(C(C)C)C(C)CC(C)C. The minimum atomic E-state index is 0.833. The van der Waals surface area contributed by atoms with Crippen molar-refractivity contribution in [1.82, 2.24) is 0 Å². The molecule has 0 aromatic heterocycles. The van der Waals surface area contributed by atoms with E-state index < -0.39 is 0 Å². The molecule has 0 heteroatoms. The molecule has 0 saturated carbocycles. The lowest BCUT2D eigenvalue weighted by Crippen LogP contribution is -2.26. The molecule has 0 N–H and O–H groups in total. The normalized spacial score (nSPS) is 17.2. The summed E-state index contributed by atoms with van der Waals surface area (Å²) < 4.78 is 0. The van der Waals surface area contributed by atoms with Crippen LogP contribution in [-0.2, 0) is 0 Å². The molecule has 0 bridgehead atoms. The molecule has 0 aliphatic rings. The predicted molar refractivity (Wildman–Crippen MR) is 84.9 cm³/mol. The lowest BCUT2D eigenvalue weighted by Gasteiger charge is -2.34. The Hall–Kier alpha value is 0. The molecular weight excluding hydrogens is 216 g/mol. The smallest absolute Gasteiger partial charge is 0.0339 e. The topological polar surface area (TPSA) is 0 Å². The second-order valence-electron chi connectivity index (χ2n) is 7.25. The van der Waals surface area contributed by atoms with E-state index in [1.807, 2.05) is 0 Å². The molecule has 3 atom stereocenters. The van der Waals surface area contributed by atoms with Gasteiger partial charge in [0, 0.05) is 0 Å². The Bertz CT molecular complexity index is 180. The van der Waals surface area contributed by atoms with Gasteiger partial charge in [0.25, 0.3) is 0 Å². The minimum Gasteiger partial charge on any atom is -0.0654 e. The molecule has 0 rings (SSSR count). The van der Waals surface area contributed by atoms with Crippen molar-refractivity contribution < 1.29 is 0 Å². The first-order valence-electron chi connectivity index (χ1n) is 8.40. The van der Waals surface area contributed by atoms with E-state index in [9.17, 15) is 0 Å². The van der Waals surface area contributed by atoms with Gasteiger partial charge in [-0.05, 0) is 36.0 Å². The highest BCUT2D eigenvalue weighted by Crippen LogP contribution is 2.35. The Kier molecular flexibility index (Phi) is 9.87. The first-order chi connectivity index (χ1) is 8.40. The average Bonchev–Trinajstić information content (AvgIpc) is 2.22. The van der Waals surface area contributed by atoms with E-state index in [2.05, 4.69) is 48.5 Å². The highest BCUT2D eigenvalue weighted by molar-refractivity contribution is 4.76. The fourth-order valence-electron chi connectivity index (χ4n) is 3.86. The maximum Gasteiger partial charge on any atom is -0.0339 e. The van der Waals surface area contributed by atoms with Crippen molar-refractivity contribution >= 4 is 0 Å². The Morgan fingerprint density at radius 1 is 0.722 bits per heavy atom. The quantitative estimate of drug-likeness (QED) is 0.388. The van der Waals surface area contributed by atoms with Gasteiger partial charge in [0.2, 0.25) is 0 Å². The second-order valence-corrected chi connectivity index (χ2v) is 7.25. The van der Waals surface area contributed by atoms with E-state index in [4.69, 9.17) is 0 Å². The molecule has 0 nitrogen and oxygen atoms in total. The second kappa shape index (κ2) is 9.87. The van der Waals surface area contributed by atoms with Gasteiger partial charge < -0.3 is 0 Å². The molecule has 0 spiro atoms. The molecule has 110 valence electrons. The van der Waals surface area contributed by atoms with E-state index in [0.29, 0.717) is 0 Å². The third-order valence-electron chi connectivity index (χ3n) is 4.44. The van der Waals surface area contributed by atoms with Crippen molar-refractivity contribution in [1.29, 1.82) is 0 Å². The molecule has 0 fully saturated rings. The first-order valence-corrected chi connectivity index (χ1v) is 8.40. The third-order valence-corrected chi connectivity index (χ3v) is 4.44. The van der Waals surface area contributed by atoms with Gasteiger partial charge in [0.1, 0.15) is 0 Å². The van der Waals surface area contributed by atoms with E-state index in [1.54, 1.807) is 0 Å². The minimum absolute atomic E-state index is 0.833. The van der Waals surface area contributed by atoms with Gasteiger partial charge in [-0.25, -0.2) is 0 Å². The molecule has 0 aromatic carbocycles. The average molecular weight is 255 g/mol. The lowest BCUT2D eigenvalue weighted by molar-refractivity contribution is 0.157. The number of rotatable bonds is 10. The van der Waals surface area contributed by atoms with Crippen molar-refractivity contribution in [3.8, 4) is 0 Å². The zero-order valence-electron chi connectivity index (χ0n) is 14.1. The zero-order chi connectivity index (χ0) is 14.1. The van der Waals surface area contributed by atoms with Gasteiger partial charge >= 0.3 is 0 Å². The molecule has 0 amide bonds. The Morgan fingerprint density at radius 2 is 1.33 bits per heavy atom. The largest absolute Gasteiger partial charge is 0.0654 e. The Morgan fingerprint density at radius 3 is 1.78 bits per heavy atom. The van der Waals surface area contributed by atoms with Crippen molar-refractivity contribution in [3.63, 3.8) is 0 Å². The summed E-state index contributed by atoms with van der Waals surface area (Å²) in [7, 11) is 0. The van der Waals surface area contributed by atoms with E-state index >= 15 is 0 Å². The van der Waals surface area contributed by atoms with Crippen LogP contribution in [0.5, 0.6) is 0 Å². The summed E-state index contributed by atoms with van der Waals surface area (Å²) in [5.74, 6) is 4.37. The van der Waals surface area contributed by atoms with E-state index in [1.165, 1.54) is 38.5 Å². The van der Waals surface area contributed by atoms with Crippen LogP contribution < -0.4 is 0 Å². The zero-order valence-corrected chi connectivity index (χ0v) is 14.1. The van der Waals surface area contributed by atoms with Crippen LogP contribution in [0.4, 0.5) is 0 Å². The van der Waals surface area contributed by atoms with Crippen LogP contribution in [-0.4, -0.2) is 0 Å². The fraction of sp³-hybridized carbons (Fsp3) is 1.00. The van der Waals surface area contributed by atoms with Crippen molar-refractivity contribution in [3.05, 3.63) is 0 Å². The lowest BCUT2D eigenvalue weighted by atomic mass is 9.72. The number of hydrogen-bond acceptors (Lipinski definition) is 0. The molecule has 0 aliphatic heterocycles. The monoisotopic (exact) mass is 254 g/mol. The van der Waals surface area contributed by atoms with Gasteiger partial charge in [-0.2, -0.15) is 0 Å². The van der Waals surface area contributed by atoms with Gasteiger partial charge in [-0.1, -0.05) is 80.6 Å². The van der Waals surface area contributed by atoms with Crippen LogP contribution >= 0.6 is 0 Å². The summed E-state index contributed by atoms with van der Waals surface area (Å²) in [5, 5.41) is 0. The molecule has 0 aliphatic carbocycles. The highest BCUT2D eigenvalue weighted by atomic mass is 14.3. The van der Waals surface area contributed by atoms with Gasteiger partial charge in [-0.15, -0.1) is 0 Å². The fourth-order valence-corrected chi connectivity index (χ4v) is 3.86. The van der Waals surface area contributed by atoms with Crippen molar-refractivity contribution in [2.45, 2.75) is 87.0 Å². The maximum atomic E-state index is 2.49. The van der Waals surface area contributed by atoms with Crippen molar-refractivity contribution in [2.75, 3.05) is 0 Å². The van der Waals surface area contributed by atoms with Crippen LogP contribution in [0.3, 0.4) is 0 Å². The maximum absolute atomic E-state index is 2.49. The number of hydrogen-bond donors (Lipinski definition) is 0. The summed E-state index contributed by atoms with van der Waals surface area (Å²) in [6.07, 6.45) is 8.47. The molecule has 18 heavy (non-hydrogen) atoms. The van der Waals surface area contributed by atoms with Crippen LogP contribution in [0.15, 0.2) is 0 Å². The molecule has 0 saturated heterocycles. The van der Waals surface area contributed by atoms with Gasteiger partial charge in [0.15, 0.2) is 0 Å². The standard InChI is InChI=1S/C18H38/c1-8-9-10-11-12-16(6)18(15(4)5)17(7)13-14(2)3/h14-18H,8-13H2,1-7H3. The summed E-state index contributed by atoms with van der Waals surface area (Å²) >= 11 is 0. The van der Waals surface area contributed by atoms with E-state index in [-0.39, 0.29) is 0 Å². The number of unbranched alkanes of at least 4 members (excludes halogenated alkanes) is 3. The predicted octanol–water partition coefficient (Wildman–Crippen LogP) is 6.55. The summed E-state index contributed by atoms with van der Waals surface area (Å²) in [5.41, 5.74) is 0. The molecule has 3 unspecified atom stereocenters. The highest BCUT2D eigenvalue weighted by Gasteiger charge is 2.26. The van der Waals surface area contributed by atoms with Gasteiger partial charge in [0.05, 0.1) is 0 Å². The summed E-state index contributed by atoms with van der Waals surface area (Å²) in [4.78, 5) is 0. The Balaban J connectivity index is 4.22. The summed E-state index contributed by atoms with van der Waals surface area (Å²) in [6.45, 7) is 16.8. The molecular formula is C18H38.